The Bertz CT molecular complexity index is 304. The minimum Gasteiger partial charge on any atom is -0.341 e. The van der Waals surface area contributed by atoms with Crippen LogP contribution in [0.5, 0.6) is 0 Å². The summed E-state index contributed by atoms with van der Waals surface area (Å²) >= 11 is 0. The van der Waals surface area contributed by atoms with Crippen LogP contribution in [0.25, 0.3) is 0 Å². The van der Waals surface area contributed by atoms with Crippen molar-refractivity contribution in [3.05, 3.63) is 18.5 Å². The smallest absolute Gasteiger partial charge is 0.225 e. The summed E-state index contributed by atoms with van der Waals surface area (Å²) in [4.78, 5) is 10.9. The molecule has 0 spiro atoms. The SMILES string of the molecule is CCC(C)C1CCN(c2ncccn2)CC1. The van der Waals surface area contributed by atoms with Gasteiger partial charge < -0.3 is 4.90 Å². The summed E-state index contributed by atoms with van der Waals surface area (Å²) in [6.45, 7) is 6.88. The van der Waals surface area contributed by atoms with Gasteiger partial charge >= 0.3 is 0 Å². The van der Waals surface area contributed by atoms with Crippen molar-refractivity contribution in [3.63, 3.8) is 0 Å². The topological polar surface area (TPSA) is 29.0 Å². The Morgan fingerprint density at radius 3 is 2.50 bits per heavy atom. The van der Waals surface area contributed by atoms with Crippen LogP contribution in [0.1, 0.15) is 33.1 Å². The molecule has 1 unspecified atom stereocenters. The summed E-state index contributed by atoms with van der Waals surface area (Å²) in [6, 6.07) is 1.87. The monoisotopic (exact) mass is 219 g/mol. The molecule has 3 nitrogen and oxygen atoms in total. The summed E-state index contributed by atoms with van der Waals surface area (Å²) in [7, 11) is 0. The number of rotatable bonds is 3. The van der Waals surface area contributed by atoms with E-state index in [-0.39, 0.29) is 0 Å². The molecular weight excluding hydrogens is 198 g/mol. The van der Waals surface area contributed by atoms with E-state index in [1.807, 2.05) is 18.5 Å². The van der Waals surface area contributed by atoms with Crippen molar-refractivity contribution >= 4 is 5.95 Å². The molecule has 0 aromatic carbocycles. The highest BCUT2D eigenvalue weighted by Crippen LogP contribution is 2.27. The zero-order valence-corrected chi connectivity index (χ0v) is 10.3. The highest BCUT2D eigenvalue weighted by molar-refractivity contribution is 5.28. The van der Waals surface area contributed by atoms with Gasteiger partial charge in [-0.2, -0.15) is 0 Å². The van der Waals surface area contributed by atoms with Crippen LogP contribution < -0.4 is 4.90 Å². The molecule has 3 heteroatoms. The Balaban J connectivity index is 1.91. The first-order chi connectivity index (χ1) is 7.81. The molecular formula is C13H21N3. The van der Waals surface area contributed by atoms with Crippen LogP contribution in [0.3, 0.4) is 0 Å². The van der Waals surface area contributed by atoms with Crippen LogP contribution in [0.15, 0.2) is 18.5 Å². The molecule has 2 heterocycles. The number of piperidine rings is 1. The zero-order valence-electron chi connectivity index (χ0n) is 10.3. The molecule has 1 fully saturated rings. The highest BCUT2D eigenvalue weighted by Gasteiger charge is 2.23. The predicted molar refractivity (Wildman–Crippen MR) is 66.4 cm³/mol. The summed E-state index contributed by atoms with van der Waals surface area (Å²) in [5.74, 6) is 2.65. The lowest BCUT2D eigenvalue weighted by Gasteiger charge is -2.34. The maximum Gasteiger partial charge on any atom is 0.225 e. The minimum absolute atomic E-state index is 0.860. The third kappa shape index (κ3) is 2.52. The van der Waals surface area contributed by atoms with E-state index in [0.717, 1.165) is 30.9 Å². The molecule has 0 saturated carbocycles. The minimum atomic E-state index is 0.860. The van der Waals surface area contributed by atoms with Crippen molar-refractivity contribution in [1.29, 1.82) is 0 Å². The van der Waals surface area contributed by atoms with E-state index in [2.05, 4.69) is 28.7 Å². The van der Waals surface area contributed by atoms with Crippen molar-refractivity contribution in [2.75, 3.05) is 18.0 Å². The number of anilines is 1. The fourth-order valence-electron chi connectivity index (χ4n) is 2.46. The van der Waals surface area contributed by atoms with Gasteiger partial charge in [-0.05, 0) is 30.7 Å². The second-order valence-corrected chi connectivity index (χ2v) is 4.76. The summed E-state index contributed by atoms with van der Waals surface area (Å²) < 4.78 is 0. The van der Waals surface area contributed by atoms with E-state index < -0.39 is 0 Å². The van der Waals surface area contributed by atoms with E-state index in [1.54, 1.807) is 0 Å². The Morgan fingerprint density at radius 1 is 1.31 bits per heavy atom. The molecule has 1 atom stereocenters. The third-order valence-corrected chi connectivity index (χ3v) is 3.82. The zero-order chi connectivity index (χ0) is 11.4. The second-order valence-electron chi connectivity index (χ2n) is 4.76. The quantitative estimate of drug-likeness (QED) is 0.782. The van der Waals surface area contributed by atoms with Gasteiger partial charge in [-0.3, -0.25) is 0 Å². The van der Waals surface area contributed by atoms with Crippen LogP contribution in [0.4, 0.5) is 5.95 Å². The number of nitrogens with zero attached hydrogens (tertiary/aromatic N) is 3. The van der Waals surface area contributed by atoms with Crippen LogP contribution in [-0.2, 0) is 0 Å². The standard InChI is InChI=1S/C13H21N3/c1-3-11(2)12-5-9-16(10-6-12)13-14-7-4-8-15-13/h4,7-8,11-12H,3,5-6,9-10H2,1-2H3. The molecule has 88 valence electrons. The number of hydrogen-bond donors (Lipinski definition) is 0. The normalized spacial score (nSPS) is 19.8. The van der Waals surface area contributed by atoms with Gasteiger partial charge in [0.1, 0.15) is 0 Å². The van der Waals surface area contributed by atoms with Crippen molar-refractivity contribution in [3.8, 4) is 0 Å². The van der Waals surface area contributed by atoms with Gasteiger partial charge in [0.25, 0.3) is 0 Å². The van der Waals surface area contributed by atoms with E-state index in [9.17, 15) is 0 Å². The van der Waals surface area contributed by atoms with E-state index in [4.69, 9.17) is 0 Å². The molecule has 0 amide bonds. The maximum absolute atomic E-state index is 4.31. The van der Waals surface area contributed by atoms with Gasteiger partial charge in [-0.25, -0.2) is 9.97 Å². The van der Waals surface area contributed by atoms with Crippen molar-refractivity contribution < 1.29 is 0 Å². The van der Waals surface area contributed by atoms with Crippen LogP contribution in [0.2, 0.25) is 0 Å². The first-order valence-corrected chi connectivity index (χ1v) is 6.33. The molecule has 0 bridgehead atoms. The predicted octanol–water partition coefficient (Wildman–Crippen LogP) is 2.74. The summed E-state index contributed by atoms with van der Waals surface area (Å²) in [6.07, 6.45) is 7.51. The Kier molecular flexibility index (Phi) is 3.75. The third-order valence-electron chi connectivity index (χ3n) is 3.82. The highest BCUT2D eigenvalue weighted by atomic mass is 15.2. The lowest BCUT2D eigenvalue weighted by atomic mass is 9.84. The van der Waals surface area contributed by atoms with Crippen molar-refractivity contribution in [2.45, 2.75) is 33.1 Å². The molecule has 1 aromatic heterocycles. The van der Waals surface area contributed by atoms with Gasteiger partial charge in [0.15, 0.2) is 0 Å². The van der Waals surface area contributed by atoms with E-state index in [0.29, 0.717) is 0 Å². The first kappa shape index (κ1) is 11.4. The fourth-order valence-corrected chi connectivity index (χ4v) is 2.46. The van der Waals surface area contributed by atoms with Crippen molar-refractivity contribution in [1.82, 2.24) is 9.97 Å². The number of hydrogen-bond acceptors (Lipinski definition) is 3. The second kappa shape index (κ2) is 5.28. The summed E-state index contributed by atoms with van der Waals surface area (Å²) in [5, 5.41) is 0. The molecule has 1 aliphatic heterocycles. The average Bonchev–Trinajstić information content (AvgIpc) is 2.39. The molecule has 1 aliphatic rings. The lowest BCUT2D eigenvalue weighted by Crippen LogP contribution is -2.36. The van der Waals surface area contributed by atoms with Crippen molar-refractivity contribution in [2.24, 2.45) is 11.8 Å². The van der Waals surface area contributed by atoms with Gasteiger partial charge in [0.2, 0.25) is 5.95 Å². The van der Waals surface area contributed by atoms with Gasteiger partial charge in [-0.15, -0.1) is 0 Å². The van der Waals surface area contributed by atoms with E-state index >= 15 is 0 Å². The Morgan fingerprint density at radius 2 is 1.94 bits per heavy atom. The maximum atomic E-state index is 4.31. The van der Waals surface area contributed by atoms with E-state index in [1.165, 1.54) is 19.3 Å². The molecule has 0 N–H and O–H groups in total. The van der Waals surface area contributed by atoms with Crippen LogP contribution in [-0.4, -0.2) is 23.1 Å². The Hall–Kier alpha value is -1.12. The lowest BCUT2D eigenvalue weighted by molar-refractivity contribution is 0.285. The van der Waals surface area contributed by atoms with Crippen LogP contribution in [0, 0.1) is 11.8 Å². The molecule has 0 radical (unpaired) electrons. The van der Waals surface area contributed by atoms with Gasteiger partial charge in [-0.1, -0.05) is 20.3 Å². The average molecular weight is 219 g/mol. The first-order valence-electron chi connectivity index (χ1n) is 6.33. The molecule has 0 aliphatic carbocycles. The molecule has 2 rings (SSSR count). The largest absolute Gasteiger partial charge is 0.341 e. The molecule has 1 saturated heterocycles. The number of aromatic nitrogens is 2. The fraction of sp³-hybridized carbons (Fsp3) is 0.692. The molecule has 16 heavy (non-hydrogen) atoms. The van der Waals surface area contributed by atoms with Gasteiger partial charge in [0.05, 0.1) is 0 Å². The Labute approximate surface area is 97.9 Å². The molecule has 1 aromatic rings. The van der Waals surface area contributed by atoms with Crippen LogP contribution >= 0.6 is 0 Å². The summed E-state index contributed by atoms with van der Waals surface area (Å²) in [5.41, 5.74) is 0. The van der Waals surface area contributed by atoms with Gasteiger partial charge in [0, 0.05) is 25.5 Å².